The van der Waals surface area contributed by atoms with E-state index in [2.05, 4.69) is 12.2 Å². The summed E-state index contributed by atoms with van der Waals surface area (Å²) in [7, 11) is 1.65. The number of amides is 1. The maximum Gasteiger partial charge on any atom is 0.227 e. The van der Waals surface area contributed by atoms with E-state index in [9.17, 15) is 4.79 Å². The van der Waals surface area contributed by atoms with Gasteiger partial charge in [-0.3, -0.25) is 4.79 Å². The average molecular weight is 390 g/mol. The van der Waals surface area contributed by atoms with Crippen molar-refractivity contribution >= 4 is 5.91 Å². The third-order valence-electron chi connectivity index (χ3n) is 5.34. The van der Waals surface area contributed by atoms with Crippen molar-refractivity contribution in [1.82, 2.24) is 20.0 Å². The summed E-state index contributed by atoms with van der Waals surface area (Å²) >= 11 is 0. The summed E-state index contributed by atoms with van der Waals surface area (Å²) in [5.74, 6) is 0.935. The highest BCUT2D eigenvalue weighted by Crippen LogP contribution is 2.27. The van der Waals surface area contributed by atoms with Gasteiger partial charge in [0.25, 0.3) is 0 Å². The highest BCUT2D eigenvalue weighted by atomic mass is 16.5. The van der Waals surface area contributed by atoms with Crippen molar-refractivity contribution < 1.29 is 9.53 Å². The van der Waals surface area contributed by atoms with Gasteiger partial charge in [0.1, 0.15) is 5.75 Å². The number of piperazine rings is 1. The summed E-state index contributed by atoms with van der Waals surface area (Å²) in [4.78, 5) is 15.0. The van der Waals surface area contributed by atoms with Crippen LogP contribution in [0, 0.1) is 0 Å². The Morgan fingerprint density at radius 3 is 2.62 bits per heavy atom. The normalized spacial score (nSPS) is 16.6. The lowest BCUT2D eigenvalue weighted by molar-refractivity contribution is -0.133. The zero-order valence-electron chi connectivity index (χ0n) is 16.8. The number of aromatic nitrogens is 2. The molecule has 1 aromatic heterocycles. The molecule has 0 saturated carbocycles. The van der Waals surface area contributed by atoms with Crippen molar-refractivity contribution in [3.05, 3.63) is 66.4 Å². The van der Waals surface area contributed by atoms with Gasteiger partial charge in [-0.15, -0.1) is 0 Å². The van der Waals surface area contributed by atoms with Crippen molar-refractivity contribution in [2.45, 2.75) is 19.4 Å². The van der Waals surface area contributed by atoms with Gasteiger partial charge < -0.3 is 15.0 Å². The summed E-state index contributed by atoms with van der Waals surface area (Å²) in [6.07, 6.45) is 2.30. The molecule has 1 aliphatic heterocycles. The monoisotopic (exact) mass is 390 g/mol. The lowest BCUT2D eigenvalue weighted by atomic mass is 10.0. The maximum absolute atomic E-state index is 13.0. The maximum atomic E-state index is 13.0. The van der Waals surface area contributed by atoms with Gasteiger partial charge in [0.15, 0.2) is 0 Å². The second kappa shape index (κ2) is 8.49. The van der Waals surface area contributed by atoms with E-state index in [0.29, 0.717) is 6.42 Å². The van der Waals surface area contributed by atoms with E-state index in [1.165, 1.54) is 0 Å². The van der Waals surface area contributed by atoms with Crippen LogP contribution in [-0.4, -0.2) is 53.4 Å². The Morgan fingerprint density at radius 1 is 1.17 bits per heavy atom. The first-order chi connectivity index (χ1) is 14.2. The molecule has 6 heteroatoms. The van der Waals surface area contributed by atoms with Crippen LogP contribution in [0.3, 0.4) is 0 Å². The van der Waals surface area contributed by atoms with Crippen LogP contribution in [0.15, 0.2) is 60.8 Å². The van der Waals surface area contributed by atoms with Gasteiger partial charge >= 0.3 is 0 Å². The Hall–Kier alpha value is -3.12. The summed E-state index contributed by atoms with van der Waals surface area (Å²) in [5.41, 5.74) is 3.69. The largest absolute Gasteiger partial charge is 0.497 e. The molecule has 1 saturated heterocycles. The minimum Gasteiger partial charge on any atom is -0.497 e. The molecule has 2 heterocycles. The standard InChI is InChI=1S/C23H26N4O2/c1-17-15-24-12-13-26(17)22(28)14-19-16-27(20-6-4-3-5-7-20)25-23(19)18-8-10-21(29-2)11-9-18/h3-11,16-17,24H,12-15H2,1-2H3/t17-/m1/s1. The van der Waals surface area contributed by atoms with Crippen molar-refractivity contribution in [1.29, 1.82) is 0 Å². The van der Waals surface area contributed by atoms with Crippen molar-refractivity contribution in [3.8, 4) is 22.7 Å². The first-order valence-corrected chi connectivity index (χ1v) is 9.94. The first kappa shape index (κ1) is 19.2. The van der Waals surface area contributed by atoms with Gasteiger partial charge in [-0.1, -0.05) is 18.2 Å². The van der Waals surface area contributed by atoms with E-state index < -0.39 is 0 Å². The van der Waals surface area contributed by atoms with Crippen LogP contribution >= 0.6 is 0 Å². The molecule has 1 N–H and O–H groups in total. The molecule has 0 aliphatic carbocycles. The highest BCUT2D eigenvalue weighted by Gasteiger charge is 2.25. The Morgan fingerprint density at radius 2 is 1.93 bits per heavy atom. The first-order valence-electron chi connectivity index (χ1n) is 9.94. The number of hydrogen-bond donors (Lipinski definition) is 1. The third kappa shape index (κ3) is 4.17. The molecule has 1 amide bonds. The van der Waals surface area contributed by atoms with E-state index in [1.54, 1.807) is 7.11 Å². The third-order valence-corrected chi connectivity index (χ3v) is 5.34. The molecule has 4 rings (SSSR count). The number of ether oxygens (including phenoxy) is 1. The number of nitrogens with one attached hydrogen (secondary N) is 1. The predicted octanol–water partition coefficient (Wildman–Crippen LogP) is 2.91. The van der Waals surface area contributed by atoms with Crippen LogP contribution in [0.2, 0.25) is 0 Å². The number of para-hydroxylation sites is 1. The van der Waals surface area contributed by atoms with E-state index >= 15 is 0 Å². The zero-order chi connectivity index (χ0) is 20.2. The fourth-order valence-corrected chi connectivity index (χ4v) is 3.72. The molecule has 0 spiro atoms. The number of carbonyl (C=O) groups excluding carboxylic acids is 1. The van der Waals surface area contributed by atoms with Crippen molar-refractivity contribution in [2.24, 2.45) is 0 Å². The molecular weight excluding hydrogens is 364 g/mol. The van der Waals surface area contributed by atoms with Crippen LogP contribution in [0.4, 0.5) is 0 Å². The molecule has 6 nitrogen and oxygen atoms in total. The highest BCUT2D eigenvalue weighted by molar-refractivity contribution is 5.81. The predicted molar refractivity (Wildman–Crippen MR) is 113 cm³/mol. The SMILES string of the molecule is COc1ccc(-c2nn(-c3ccccc3)cc2CC(=O)N2CCNC[C@H]2C)cc1. The molecule has 0 radical (unpaired) electrons. The van der Waals surface area contributed by atoms with Gasteiger partial charge in [0.2, 0.25) is 5.91 Å². The number of nitrogens with zero attached hydrogens (tertiary/aromatic N) is 3. The van der Waals surface area contributed by atoms with Crippen LogP contribution in [0.25, 0.3) is 16.9 Å². The van der Waals surface area contributed by atoms with Crippen LogP contribution < -0.4 is 10.1 Å². The summed E-state index contributed by atoms with van der Waals surface area (Å²) in [6.45, 7) is 4.50. The zero-order valence-corrected chi connectivity index (χ0v) is 16.8. The van der Waals surface area contributed by atoms with Gasteiger partial charge in [-0.2, -0.15) is 5.10 Å². The number of rotatable bonds is 5. The van der Waals surface area contributed by atoms with Gasteiger partial charge in [0.05, 0.1) is 24.9 Å². The molecule has 0 unspecified atom stereocenters. The Balaban J connectivity index is 1.68. The van der Waals surface area contributed by atoms with Crippen molar-refractivity contribution in [3.63, 3.8) is 0 Å². The van der Waals surface area contributed by atoms with E-state index in [1.807, 2.05) is 70.4 Å². The van der Waals surface area contributed by atoms with E-state index in [4.69, 9.17) is 9.84 Å². The minimum atomic E-state index is 0.140. The summed E-state index contributed by atoms with van der Waals surface area (Å²) in [6, 6.07) is 18.0. The lowest BCUT2D eigenvalue weighted by Gasteiger charge is -2.34. The molecule has 0 bridgehead atoms. The fourth-order valence-electron chi connectivity index (χ4n) is 3.72. The molecule has 1 atom stereocenters. The molecule has 3 aromatic rings. The smallest absolute Gasteiger partial charge is 0.227 e. The van der Waals surface area contributed by atoms with Crippen LogP contribution in [0.1, 0.15) is 12.5 Å². The summed E-state index contributed by atoms with van der Waals surface area (Å²) < 4.78 is 7.12. The molecule has 2 aromatic carbocycles. The van der Waals surface area contributed by atoms with Gasteiger partial charge in [0, 0.05) is 43.0 Å². The van der Waals surface area contributed by atoms with E-state index in [-0.39, 0.29) is 11.9 Å². The molecule has 29 heavy (non-hydrogen) atoms. The topological polar surface area (TPSA) is 59.4 Å². The minimum absolute atomic E-state index is 0.140. The number of carbonyl (C=O) groups is 1. The Labute approximate surface area is 171 Å². The Kier molecular flexibility index (Phi) is 5.62. The van der Waals surface area contributed by atoms with Crippen molar-refractivity contribution in [2.75, 3.05) is 26.7 Å². The lowest BCUT2D eigenvalue weighted by Crippen LogP contribution is -2.52. The quantitative estimate of drug-likeness (QED) is 0.728. The molecular formula is C23H26N4O2. The second-order valence-electron chi connectivity index (χ2n) is 7.33. The molecule has 1 fully saturated rings. The fraction of sp³-hybridized carbons (Fsp3) is 0.304. The van der Waals surface area contributed by atoms with Crippen LogP contribution in [-0.2, 0) is 11.2 Å². The number of benzene rings is 2. The van der Waals surface area contributed by atoms with Gasteiger partial charge in [-0.05, 0) is 43.3 Å². The van der Waals surface area contributed by atoms with E-state index in [0.717, 1.165) is 47.9 Å². The Bertz CT molecular complexity index is 966. The second-order valence-corrected chi connectivity index (χ2v) is 7.33. The average Bonchev–Trinajstić information content (AvgIpc) is 3.18. The van der Waals surface area contributed by atoms with Gasteiger partial charge in [-0.25, -0.2) is 4.68 Å². The molecule has 150 valence electrons. The molecule has 1 aliphatic rings. The van der Waals surface area contributed by atoms with Crippen LogP contribution in [0.5, 0.6) is 5.75 Å². The summed E-state index contributed by atoms with van der Waals surface area (Å²) in [5, 5.41) is 8.15. The number of hydrogen-bond acceptors (Lipinski definition) is 4. The number of methoxy groups -OCH3 is 1.